The van der Waals surface area contributed by atoms with Crippen molar-refractivity contribution in [3.63, 3.8) is 0 Å². The SMILES string of the molecule is CCC1=CC=C2N=CC=C(N3CC[C@]4(CCN(CC5CC=C6C(=C5C)C=C(C#N)C6(C)C)C4)C3)C2C1. The zero-order valence-electron chi connectivity index (χ0n) is 22.5. The van der Waals surface area contributed by atoms with Crippen molar-refractivity contribution in [2.45, 2.75) is 59.8 Å². The summed E-state index contributed by atoms with van der Waals surface area (Å²) in [5.74, 6) is 1.01. The molecular weight excluding hydrogens is 440 g/mol. The van der Waals surface area contributed by atoms with E-state index >= 15 is 0 Å². The summed E-state index contributed by atoms with van der Waals surface area (Å²) in [6.07, 6.45) is 19.4. The Bertz CT molecular complexity index is 1230. The van der Waals surface area contributed by atoms with Crippen molar-refractivity contribution in [1.82, 2.24) is 9.80 Å². The Morgan fingerprint density at radius 3 is 2.78 bits per heavy atom. The van der Waals surface area contributed by atoms with Crippen LogP contribution in [-0.4, -0.2) is 48.7 Å². The summed E-state index contributed by atoms with van der Waals surface area (Å²) in [5.41, 5.74) is 9.70. The van der Waals surface area contributed by atoms with E-state index in [1.807, 2.05) is 6.21 Å². The van der Waals surface area contributed by atoms with Crippen molar-refractivity contribution in [3.8, 4) is 6.07 Å². The molecule has 3 heterocycles. The van der Waals surface area contributed by atoms with Gasteiger partial charge in [-0.1, -0.05) is 44.1 Å². The average molecular weight is 481 g/mol. The molecule has 6 rings (SSSR count). The molecule has 2 saturated heterocycles. The van der Waals surface area contributed by atoms with Gasteiger partial charge in [0.1, 0.15) is 0 Å². The van der Waals surface area contributed by atoms with Crippen LogP contribution in [0.15, 0.2) is 74.6 Å². The van der Waals surface area contributed by atoms with Crippen LogP contribution in [0.3, 0.4) is 0 Å². The highest BCUT2D eigenvalue weighted by atomic mass is 15.2. The van der Waals surface area contributed by atoms with Crippen LogP contribution >= 0.6 is 0 Å². The molecule has 3 aliphatic heterocycles. The molecule has 0 aromatic rings. The maximum Gasteiger partial charge on any atom is 0.0956 e. The Labute approximate surface area is 217 Å². The molecule has 0 aromatic heterocycles. The van der Waals surface area contributed by atoms with Crippen molar-refractivity contribution in [2.24, 2.45) is 27.7 Å². The minimum atomic E-state index is -0.138. The van der Waals surface area contributed by atoms with E-state index in [1.165, 1.54) is 67.1 Å². The van der Waals surface area contributed by atoms with Crippen LogP contribution in [0, 0.1) is 34.0 Å². The van der Waals surface area contributed by atoms with E-state index < -0.39 is 0 Å². The lowest BCUT2D eigenvalue weighted by molar-refractivity contribution is 0.235. The predicted octanol–water partition coefficient (Wildman–Crippen LogP) is 6.35. The zero-order chi connectivity index (χ0) is 25.1. The maximum atomic E-state index is 9.66. The number of rotatable bonds is 4. The fourth-order valence-electron chi connectivity index (χ4n) is 7.65. The second kappa shape index (κ2) is 8.73. The van der Waals surface area contributed by atoms with Gasteiger partial charge < -0.3 is 9.80 Å². The molecule has 0 bridgehead atoms. The number of hydrogen-bond donors (Lipinski definition) is 0. The monoisotopic (exact) mass is 480 g/mol. The van der Waals surface area contributed by atoms with Crippen LogP contribution in [0.1, 0.15) is 59.8 Å². The van der Waals surface area contributed by atoms with Crippen molar-refractivity contribution >= 4 is 6.21 Å². The summed E-state index contributed by atoms with van der Waals surface area (Å²) in [6.45, 7) is 14.9. The molecule has 3 atom stereocenters. The molecule has 2 fully saturated rings. The summed E-state index contributed by atoms with van der Waals surface area (Å²) < 4.78 is 0. The highest BCUT2D eigenvalue weighted by Gasteiger charge is 2.46. The number of fused-ring (bicyclic) bond motifs is 2. The number of hydrogen-bond acceptors (Lipinski definition) is 4. The third-order valence-electron chi connectivity index (χ3n) is 10.1. The van der Waals surface area contributed by atoms with Gasteiger partial charge in [-0.05, 0) is 80.9 Å². The normalized spacial score (nSPS) is 33.1. The average Bonchev–Trinajstić information content (AvgIpc) is 3.56. The minimum absolute atomic E-state index is 0.138. The lowest BCUT2D eigenvalue weighted by atomic mass is 9.75. The van der Waals surface area contributed by atoms with Crippen LogP contribution in [-0.2, 0) is 0 Å². The lowest BCUT2D eigenvalue weighted by Gasteiger charge is -2.34. The van der Waals surface area contributed by atoms with Crippen molar-refractivity contribution in [1.29, 1.82) is 5.26 Å². The summed E-state index contributed by atoms with van der Waals surface area (Å²) in [6, 6.07) is 2.46. The molecular formula is C32H40N4. The van der Waals surface area contributed by atoms with E-state index in [1.54, 1.807) is 5.57 Å². The maximum absolute atomic E-state index is 9.66. The summed E-state index contributed by atoms with van der Waals surface area (Å²) in [7, 11) is 0. The quantitative estimate of drug-likeness (QED) is 0.471. The van der Waals surface area contributed by atoms with E-state index in [9.17, 15) is 5.26 Å². The van der Waals surface area contributed by atoms with Crippen LogP contribution in [0.5, 0.6) is 0 Å². The van der Waals surface area contributed by atoms with Gasteiger partial charge in [0.05, 0.1) is 6.07 Å². The number of nitrogens with zero attached hydrogens (tertiary/aromatic N) is 4. The predicted molar refractivity (Wildman–Crippen MR) is 147 cm³/mol. The number of dihydropyridines is 1. The largest absolute Gasteiger partial charge is 0.374 e. The molecule has 0 saturated carbocycles. The summed E-state index contributed by atoms with van der Waals surface area (Å²) in [5, 5.41) is 9.66. The van der Waals surface area contributed by atoms with Gasteiger partial charge in [-0.15, -0.1) is 0 Å². The molecule has 4 nitrogen and oxygen atoms in total. The number of nitriles is 1. The number of allylic oxidation sites excluding steroid dienone is 9. The Morgan fingerprint density at radius 1 is 1.14 bits per heavy atom. The molecule has 36 heavy (non-hydrogen) atoms. The fourth-order valence-corrected chi connectivity index (χ4v) is 7.65. The molecule has 6 aliphatic rings. The van der Waals surface area contributed by atoms with Crippen LogP contribution in [0.25, 0.3) is 0 Å². The molecule has 0 aromatic carbocycles. The van der Waals surface area contributed by atoms with E-state index in [4.69, 9.17) is 4.99 Å². The van der Waals surface area contributed by atoms with E-state index in [0.29, 0.717) is 17.3 Å². The van der Waals surface area contributed by atoms with E-state index in [-0.39, 0.29) is 5.41 Å². The Balaban J connectivity index is 1.12. The Morgan fingerprint density at radius 2 is 1.97 bits per heavy atom. The number of likely N-dealkylation sites (tertiary alicyclic amines) is 2. The lowest BCUT2D eigenvalue weighted by Crippen LogP contribution is -2.35. The van der Waals surface area contributed by atoms with Gasteiger partial charge in [0, 0.05) is 66.1 Å². The molecule has 2 unspecified atom stereocenters. The molecule has 0 amide bonds. The van der Waals surface area contributed by atoms with Crippen molar-refractivity contribution < 1.29 is 0 Å². The van der Waals surface area contributed by atoms with Gasteiger partial charge in [0.15, 0.2) is 0 Å². The standard InChI is InChI=1S/C32H40N4/c1-5-23-6-9-29-27(16-23)30(10-13-34-29)36-15-12-32(21-36)11-14-35(20-32)19-24-7-8-28-26(22(24)2)17-25(18-33)31(28,3)4/h6,8-10,13,17,24,27H,5,7,11-12,14-16,19-21H2,1-4H3/t24?,27?,32-/m0/s1. The molecule has 0 N–H and O–H groups in total. The first-order valence-corrected chi connectivity index (χ1v) is 14.0. The summed E-state index contributed by atoms with van der Waals surface area (Å²) >= 11 is 0. The molecule has 3 aliphatic carbocycles. The highest BCUT2D eigenvalue weighted by Crippen LogP contribution is 2.50. The first-order valence-electron chi connectivity index (χ1n) is 14.0. The fraction of sp³-hybridized carbons (Fsp3) is 0.562. The van der Waals surface area contributed by atoms with E-state index in [0.717, 1.165) is 31.4 Å². The topological polar surface area (TPSA) is 42.6 Å². The van der Waals surface area contributed by atoms with Gasteiger partial charge in [-0.2, -0.15) is 5.26 Å². The summed E-state index contributed by atoms with van der Waals surface area (Å²) in [4.78, 5) is 10.1. The van der Waals surface area contributed by atoms with Gasteiger partial charge in [-0.3, -0.25) is 4.99 Å². The number of aliphatic imine (C=N–C) groups is 1. The van der Waals surface area contributed by atoms with Crippen molar-refractivity contribution in [3.05, 3.63) is 69.6 Å². The smallest absolute Gasteiger partial charge is 0.0956 e. The highest BCUT2D eigenvalue weighted by molar-refractivity contribution is 5.76. The Kier molecular flexibility index (Phi) is 5.76. The Hall–Kier alpha value is -2.64. The molecule has 4 heteroatoms. The second-order valence-electron chi connectivity index (χ2n) is 12.5. The first-order chi connectivity index (χ1) is 17.3. The third kappa shape index (κ3) is 3.79. The van der Waals surface area contributed by atoms with Gasteiger partial charge in [0.25, 0.3) is 0 Å². The van der Waals surface area contributed by atoms with E-state index in [2.05, 4.69) is 73.9 Å². The molecule has 1 spiro atoms. The van der Waals surface area contributed by atoms with Gasteiger partial charge in [-0.25, -0.2) is 0 Å². The first kappa shape index (κ1) is 23.7. The third-order valence-corrected chi connectivity index (χ3v) is 10.1. The van der Waals surface area contributed by atoms with Crippen LogP contribution in [0.2, 0.25) is 0 Å². The molecule has 0 radical (unpaired) electrons. The minimum Gasteiger partial charge on any atom is -0.374 e. The second-order valence-corrected chi connectivity index (χ2v) is 12.5. The molecule has 188 valence electrons. The zero-order valence-corrected chi connectivity index (χ0v) is 22.5. The van der Waals surface area contributed by atoms with Crippen LogP contribution in [0.4, 0.5) is 0 Å². The van der Waals surface area contributed by atoms with Crippen molar-refractivity contribution in [2.75, 3.05) is 32.7 Å². The van der Waals surface area contributed by atoms with Gasteiger partial charge in [0.2, 0.25) is 0 Å². The van der Waals surface area contributed by atoms with Crippen LogP contribution < -0.4 is 0 Å². The van der Waals surface area contributed by atoms with Gasteiger partial charge >= 0.3 is 0 Å².